The molecule has 0 aromatic heterocycles. The second-order valence-corrected chi connectivity index (χ2v) is 7.05. The Labute approximate surface area is 117 Å². The Kier molecular flexibility index (Phi) is 4.40. The van der Waals surface area contributed by atoms with Crippen molar-refractivity contribution in [2.45, 2.75) is 50.6 Å². The number of carbonyl (C=O) groups excluding carboxylic acids is 1. The molecule has 0 radical (unpaired) electrons. The molecule has 5 nitrogen and oxygen atoms in total. The minimum Gasteiger partial charge on any atom is -0.480 e. The van der Waals surface area contributed by atoms with Crippen LogP contribution >= 0.6 is 11.8 Å². The van der Waals surface area contributed by atoms with Crippen molar-refractivity contribution in [3.8, 4) is 0 Å². The minimum atomic E-state index is -0.916. The number of amides is 1. The van der Waals surface area contributed by atoms with Gasteiger partial charge in [-0.25, -0.2) is 4.79 Å². The number of carbonyl (C=O) groups is 2. The van der Waals surface area contributed by atoms with Crippen LogP contribution in [0.5, 0.6) is 0 Å². The molecular weight excluding hydrogens is 264 g/mol. The van der Waals surface area contributed by atoms with Crippen LogP contribution in [0.25, 0.3) is 0 Å². The van der Waals surface area contributed by atoms with Gasteiger partial charge in [0.15, 0.2) is 0 Å². The van der Waals surface area contributed by atoms with Crippen molar-refractivity contribution in [3.05, 3.63) is 0 Å². The second-order valence-electron chi connectivity index (χ2n) is 5.90. The van der Waals surface area contributed by atoms with E-state index in [0.717, 1.165) is 12.8 Å². The number of nitrogens with zero attached hydrogens (tertiary/aromatic N) is 1. The van der Waals surface area contributed by atoms with Gasteiger partial charge in [-0.1, -0.05) is 13.8 Å². The SMILES string of the molecule is CC(C)CC(N)C(=O)N1C(C(=O)O)CSC1C1CC1. The Bertz CT molecular complexity index is 371. The van der Waals surface area contributed by atoms with Gasteiger partial charge in [0.2, 0.25) is 5.91 Å². The van der Waals surface area contributed by atoms with Gasteiger partial charge in [0.1, 0.15) is 6.04 Å². The van der Waals surface area contributed by atoms with E-state index in [1.165, 1.54) is 0 Å². The van der Waals surface area contributed by atoms with E-state index in [1.807, 2.05) is 13.8 Å². The molecule has 1 aliphatic carbocycles. The van der Waals surface area contributed by atoms with Crippen LogP contribution in [0, 0.1) is 11.8 Å². The fourth-order valence-electron chi connectivity index (χ4n) is 2.54. The zero-order chi connectivity index (χ0) is 14.2. The zero-order valence-corrected chi connectivity index (χ0v) is 12.2. The molecule has 1 amide bonds. The van der Waals surface area contributed by atoms with E-state index in [9.17, 15) is 14.7 Å². The molecule has 2 rings (SSSR count). The largest absolute Gasteiger partial charge is 0.480 e. The van der Waals surface area contributed by atoms with Crippen LogP contribution in [-0.2, 0) is 9.59 Å². The van der Waals surface area contributed by atoms with Crippen LogP contribution in [0.15, 0.2) is 0 Å². The van der Waals surface area contributed by atoms with Crippen LogP contribution in [-0.4, -0.2) is 45.1 Å². The Morgan fingerprint density at radius 1 is 1.42 bits per heavy atom. The summed E-state index contributed by atoms with van der Waals surface area (Å²) in [5, 5.41) is 9.29. The van der Waals surface area contributed by atoms with Gasteiger partial charge in [0.25, 0.3) is 0 Å². The molecule has 3 unspecified atom stereocenters. The van der Waals surface area contributed by atoms with E-state index in [-0.39, 0.29) is 11.3 Å². The third-order valence-corrected chi connectivity index (χ3v) is 5.10. The topological polar surface area (TPSA) is 83.6 Å². The highest BCUT2D eigenvalue weighted by Gasteiger charge is 2.48. The van der Waals surface area contributed by atoms with Crippen molar-refractivity contribution >= 4 is 23.6 Å². The molecule has 1 saturated carbocycles. The first-order valence-electron chi connectivity index (χ1n) is 6.84. The minimum absolute atomic E-state index is 0.0202. The molecule has 0 spiro atoms. The lowest BCUT2D eigenvalue weighted by atomic mass is 10.0. The summed E-state index contributed by atoms with van der Waals surface area (Å²) in [5.41, 5.74) is 5.95. The van der Waals surface area contributed by atoms with Crippen LogP contribution in [0.2, 0.25) is 0 Å². The van der Waals surface area contributed by atoms with E-state index in [1.54, 1.807) is 16.7 Å². The summed E-state index contributed by atoms with van der Waals surface area (Å²) in [7, 11) is 0. The lowest BCUT2D eigenvalue weighted by Gasteiger charge is -2.30. The highest BCUT2D eigenvalue weighted by molar-refractivity contribution is 8.00. The Hall–Kier alpha value is -0.750. The van der Waals surface area contributed by atoms with E-state index in [2.05, 4.69) is 0 Å². The molecule has 0 bridgehead atoms. The number of aliphatic carboxylic acids is 1. The molecule has 2 fully saturated rings. The van der Waals surface area contributed by atoms with Gasteiger partial charge in [-0.05, 0) is 31.1 Å². The fourth-order valence-corrected chi connectivity index (χ4v) is 4.18. The van der Waals surface area contributed by atoms with Gasteiger partial charge in [0.05, 0.1) is 11.4 Å². The molecule has 3 N–H and O–H groups in total. The van der Waals surface area contributed by atoms with Gasteiger partial charge in [-0.2, -0.15) is 0 Å². The lowest BCUT2D eigenvalue weighted by Crippen LogP contribution is -2.52. The summed E-state index contributed by atoms with van der Waals surface area (Å²) >= 11 is 1.59. The predicted molar refractivity (Wildman–Crippen MR) is 74.7 cm³/mol. The molecule has 1 heterocycles. The van der Waals surface area contributed by atoms with Crippen LogP contribution in [0.3, 0.4) is 0 Å². The summed E-state index contributed by atoms with van der Waals surface area (Å²) in [6, 6.07) is -1.29. The van der Waals surface area contributed by atoms with Gasteiger partial charge in [-0.15, -0.1) is 11.8 Å². The Morgan fingerprint density at radius 2 is 2.05 bits per heavy atom. The van der Waals surface area contributed by atoms with Crippen LogP contribution in [0.4, 0.5) is 0 Å². The molecule has 0 aromatic rings. The van der Waals surface area contributed by atoms with Crippen LogP contribution in [0.1, 0.15) is 33.1 Å². The average molecular weight is 286 g/mol. The maximum absolute atomic E-state index is 12.5. The van der Waals surface area contributed by atoms with Gasteiger partial charge in [0, 0.05) is 5.75 Å². The van der Waals surface area contributed by atoms with E-state index < -0.39 is 18.1 Å². The van der Waals surface area contributed by atoms with Crippen molar-refractivity contribution in [1.82, 2.24) is 4.90 Å². The van der Waals surface area contributed by atoms with Crippen LogP contribution < -0.4 is 5.73 Å². The third-order valence-electron chi connectivity index (χ3n) is 3.64. The molecule has 108 valence electrons. The Balaban J connectivity index is 2.11. The molecule has 1 saturated heterocycles. The van der Waals surface area contributed by atoms with Crippen molar-refractivity contribution < 1.29 is 14.7 Å². The number of rotatable bonds is 5. The van der Waals surface area contributed by atoms with Gasteiger partial charge < -0.3 is 15.7 Å². The maximum atomic E-state index is 12.5. The number of hydrogen-bond donors (Lipinski definition) is 2. The van der Waals surface area contributed by atoms with E-state index in [0.29, 0.717) is 24.0 Å². The number of nitrogens with two attached hydrogens (primary N) is 1. The summed E-state index contributed by atoms with van der Waals surface area (Å²) < 4.78 is 0. The highest BCUT2D eigenvalue weighted by atomic mass is 32.2. The first-order valence-corrected chi connectivity index (χ1v) is 7.88. The fraction of sp³-hybridized carbons (Fsp3) is 0.846. The number of hydrogen-bond acceptors (Lipinski definition) is 4. The first-order chi connectivity index (χ1) is 8.91. The molecule has 2 aliphatic rings. The Morgan fingerprint density at radius 3 is 2.53 bits per heavy atom. The standard InChI is InChI=1S/C13H22N2O3S/c1-7(2)5-9(14)11(16)15-10(13(17)18)6-19-12(15)8-3-4-8/h7-10,12H,3-6,14H2,1-2H3,(H,17,18). The quantitative estimate of drug-likeness (QED) is 0.791. The molecule has 6 heteroatoms. The molecule has 19 heavy (non-hydrogen) atoms. The van der Waals surface area contributed by atoms with Crippen molar-refractivity contribution in [2.24, 2.45) is 17.6 Å². The normalized spacial score (nSPS) is 28.7. The van der Waals surface area contributed by atoms with Crippen molar-refractivity contribution in [1.29, 1.82) is 0 Å². The maximum Gasteiger partial charge on any atom is 0.327 e. The monoisotopic (exact) mass is 286 g/mol. The summed E-state index contributed by atoms with van der Waals surface area (Å²) in [6.45, 7) is 4.03. The lowest BCUT2D eigenvalue weighted by molar-refractivity contribution is -0.150. The van der Waals surface area contributed by atoms with Gasteiger partial charge in [-0.3, -0.25) is 4.79 Å². The number of carboxylic acid groups (broad SMARTS) is 1. The third kappa shape index (κ3) is 3.23. The van der Waals surface area contributed by atoms with E-state index in [4.69, 9.17) is 5.73 Å². The van der Waals surface area contributed by atoms with Gasteiger partial charge >= 0.3 is 5.97 Å². The zero-order valence-electron chi connectivity index (χ0n) is 11.4. The average Bonchev–Trinajstić information content (AvgIpc) is 3.05. The highest BCUT2D eigenvalue weighted by Crippen LogP contribution is 2.45. The molecule has 1 aliphatic heterocycles. The molecule has 0 aromatic carbocycles. The van der Waals surface area contributed by atoms with Crippen molar-refractivity contribution in [3.63, 3.8) is 0 Å². The first kappa shape index (κ1) is 14.7. The number of thioether (sulfide) groups is 1. The van der Waals surface area contributed by atoms with E-state index >= 15 is 0 Å². The van der Waals surface area contributed by atoms with Crippen molar-refractivity contribution in [2.75, 3.05) is 5.75 Å². The smallest absolute Gasteiger partial charge is 0.327 e. The number of carboxylic acids is 1. The predicted octanol–water partition coefficient (Wildman–Crippen LogP) is 1.12. The molecule has 3 atom stereocenters. The summed E-state index contributed by atoms with van der Waals surface area (Å²) in [5.74, 6) is 0.168. The summed E-state index contributed by atoms with van der Waals surface area (Å²) in [4.78, 5) is 25.3. The summed E-state index contributed by atoms with van der Waals surface area (Å²) in [6.07, 6.45) is 2.78. The molecular formula is C13H22N2O3S. The second kappa shape index (κ2) is 5.71.